The zero-order valence-corrected chi connectivity index (χ0v) is 11.8. The lowest BCUT2D eigenvalue weighted by Crippen LogP contribution is -1.97. The minimum absolute atomic E-state index is 1.09. The molecule has 0 spiro atoms. The highest BCUT2D eigenvalue weighted by molar-refractivity contribution is 5.68. The Labute approximate surface area is 101 Å². The Morgan fingerprint density at radius 2 is 1.44 bits per heavy atom. The fourth-order valence-corrected chi connectivity index (χ4v) is 2.05. The Morgan fingerprint density at radius 1 is 1.06 bits per heavy atom. The van der Waals surface area contributed by atoms with Gasteiger partial charge >= 0.3 is 0 Å². The SMILES string of the molecule is C=C(C)c1c(CC)cc(C)cc1CC.CC. The minimum Gasteiger partial charge on any atom is -0.0955 e. The lowest BCUT2D eigenvalue weighted by Gasteiger charge is -2.14. The van der Waals surface area contributed by atoms with Crippen molar-refractivity contribution in [2.75, 3.05) is 0 Å². The van der Waals surface area contributed by atoms with E-state index in [-0.39, 0.29) is 0 Å². The molecule has 1 aromatic carbocycles. The molecule has 0 N–H and O–H groups in total. The second-order valence-corrected chi connectivity index (χ2v) is 3.95. The molecule has 0 heteroatoms. The number of hydrogen-bond acceptors (Lipinski definition) is 0. The summed E-state index contributed by atoms with van der Waals surface area (Å²) in [7, 11) is 0. The second kappa shape index (κ2) is 7.27. The summed E-state index contributed by atoms with van der Waals surface area (Å²) in [6.07, 6.45) is 2.19. The van der Waals surface area contributed by atoms with E-state index in [0.717, 1.165) is 12.8 Å². The molecule has 0 radical (unpaired) electrons. The standard InChI is InChI=1S/C14H20.C2H6/c1-6-12-8-11(5)9-13(7-2)14(12)10(3)4;1-2/h8-9H,3,6-7H2,1-2,4-5H3;1-2H3. The first-order valence-corrected chi connectivity index (χ1v) is 6.38. The average molecular weight is 218 g/mol. The van der Waals surface area contributed by atoms with Gasteiger partial charge in [0.1, 0.15) is 0 Å². The summed E-state index contributed by atoms with van der Waals surface area (Å²) in [6, 6.07) is 4.56. The van der Waals surface area contributed by atoms with Gasteiger partial charge in [0, 0.05) is 0 Å². The molecule has 0 saturated carbocycles. The van der Waals surface area contributed by atoms with Crippen LogP contribution in [0.2, 0.25) is 0 Å². The van der Waals surface area contributed by atoms with Crippen LogP contribution in [0.15, 0.2) is 18.7 Å². The molecule has 0 nitrogen and oxygen atoms in total. The Hall–Kier alpha value is -1.04. The van der Waals surface area contributed by atoms with Gasteiger partial charge in [0.25, 0.3) is 0 Å². The molecule has 0 amide bonds. The molecule has 0 atom stereocenters. The van der Waals surface area contributed by atoms with Crippen LogP contribution in [0.5, 0.6) is 0 Å². The third kappa shape index (κ3) is 3.52. The van der Waals surface area contributed by atoms with Crippen molar-refractivity contribution in [2.24, 2.45) is 0 Å². The Bertz CT molecular complexity index is 320. The number of hydrogen-bond donors (Lipinski definition) is 0. The summed E-state index contributed by atoms with van der Waals surface area (Å²) in [4.78, 5) is 0. The van der Waals surface area contributed by atoms with Gasteiger partial charge in [-0.15, -0.1) is 0 Å². The first-order chi connectivity index (χ1) is 7.60. The molecule has 0 fully saturated rings. The van der Waals surface area contributed by atoms with E-state index in [2.05, 4.69) is 46.4 Å². The fraction of sp³-hybridized carbons (Fsp3) is 0.500. The summed E-state index contributed by atoms with van der Waals surface area (Å²) < 4.78 is 0. The van der Waals surface area contributed by atoms with E-state index < -0.39 is 0 Å². The number of allylic oxidation sites excluding steroid dienone is 1. The normalized spacial score (nSPS) is 9.38. The highest BCUT2D eigenvalue weighted by Gasteiger charge is 2.07. The van der Waals surface area contributed by atoms with Crippen LogP contribution in [0.4, 0.5) is 0 Å². The van der Waals surface area contributed by atoms with Crippen molar-refractivity contribution in [3.05, 3.63) is 41.0 Å². The smallest absolute Gasteiger partial charge is 0.0169 e. The Balaban J connectivity index is 0.00000106. The molecule has 16 heavy (non-hydrogen) atoms. The van der Waals surface area contributed by atoms with E-state index in [0.29, 0.717) is 0 Å². The van der Waals surface area contributed by atoms with E-state index in [1.54, 1.807) is 0 Å². The van der Waals surface area contributed by atoms with E-state index in [4.69, 9.17) is 0 Å². The molecule has 0 aliphatic rings. The molecular formula is C16H26. The number of benzene rings is 1. The first-order valence-electron chi connectivity index (χ1n) is 6.38. The van der Waals surface area contributed by atoms with Crippen LogP contribution in [0, 0.1) is 6.92 Å². The van der Waals surface area contributed by atoms with Crippen molar-refractivity contribution in [2.45, 2.75) is 54.4 Å². The molecule has 90 valence electrons. The fourth-order valence-electron chi connectivity index (χ4n) is 2.05. The Morgan fingerprint density at radius 3 is 1.69 bits per heavy atom. The zero-order valence-electron chi connectivity index (χ0n) is 11.8. The third-order valence-corrected chi connectivity index (χ3v) is 2.63. The van der Waals surface area contributed by atoms with Crippen LogP contribution < -0.4 is 0 Å². The molecule has 0 aliphatic heterocycles. The van der Waals surface area contributed by atoms with Crippen molar-refractivity contribution in [3.8, 4) is 0 Å². The second-order valence-electron chi connectivity index (χ2n) is 3.95. The number of aryl methyl sites for hydroxylation is 3. The third-order valence-electron chi connectivity index (χ3n) is 2.63. The topological polar surface area (TPSA) is 0 Å². The molecule has 0 heterocycles. The highest BCUT2D eigenvalue weighted by atomic mass is 14.1. The van der Waals surface area contributed by atoms with Crippen molar-refractivity contribution in [3.63, 3.8) is 0 Å². The molecule has 0 aromatic heterocycles. The lowest BCUT2D eigenvalue weighted by atomic mass is 9.91. The van der Waals surface area contributed by atoms with E-state index >= 15 is 0 Å². The van der Waals surface area contributed by atoms with Crippen LogP contribution in [0.25, 0.3) is 5.57 Å². The summed E-state index contributed by atoms with van der Waals surface area (Å²) >= 11 is 0. The molecule has 1 aromatic rings. The maximum absolute atomic E-state index is 4.07. The maximum atomic E-state index is 4.07. The monoisotopic (exact) mass is 218 g/mol. The summed E-state index contributed by atoms with van der Waals surface area (Å²) in [5.74, 6) is 0. The van der Waals surface area contributed by atoms with Gasteiger partial charge in [-0.1, -0.05) is 57.5 Å². The van der Waals surface area contributed by atoms with Crippen molar-refractivity contribution < 1.29 is 0 Å². The van der Waals surface area contributed by atoms with Gasteiger partial charge in [-0.25, -0.2) is 0 Å². The molecule has 0 aliphatic carbocycles. The van der Waals surface area contributed by atoms with E-state index in [1.165, 1.54) is 27.8 Å². The van der Waals surface area contributed by atoms with Gasteiger partial charge in [0.2, 0.25) is 0 Å². The van der Waals surface area contributed by atoms with Crippen LogP contribution in [0.3, 0.4) is 0 Å². The maximum Gasteiger partial charge on any atom is -0.0169 e. The lowest BCUT2D eigenvalue weighted by molar-refractivity contribution is 1.06. The Kier molecular flexibility index (Phi) is 6.80. The summed E-state index contributed by atoms with van der Waals surface area (Å²) in [5, 5.41) is 0. The van der Waals surface area contributed by atoms with Crippen molar-refractivity contribution >= 4 is 5.57 Å². The van der Waals surface area contributed by atoms with Gasteiger partial charge in [-0.05, 0) is 43.4 Å². The predicted octanol–water partition coefficient (Wildman–Crippen LogP) is 5.18. The van der Waals surface area contributed by atoms with Crippen LogP contribution in [0.1, 0.15) is 56.9 Å². The first kappa shape index (κ1) is 15.0. The van der Waals surface area contributed by atoms with Gasteiger partial charge in [-0.3, -0.25) is 0 Å². The van der Waals surface area contributed by atoms with Crippen LogP contribution in [-0.2, 0) is 12.8 Å². The van der Waals surface area contributed by atoms with Crippen molar-refractivity contribution in [1.29, 1.82) is 0 Å². The van der Waals surface area contributed by atoms with Gasteiger partial charge in [0.05, 0.1) is 0 Å². The largest absolute Gasteiger partial charge is 0.0955 e. The number of rotatable bonds is 3. The molecular weight excluding hydrogens is 192 g/mol. The van der Waals surface area contributed by atoms with E-state index in [1.807, 2.05) is 13.8 Å². The summed E-state index contributed by atoms with van der Waals surface area (Å²) in [6.45, 7) is 16.8. The minimum atomic E-state index is 1.09. The summed E-state index contributed by atoms with van der Waals surface area (Å²) in [5.41, 5.74) is 6.83. The molecule has 1 rings (SSSR count). The average Bonchev–Trinajstić information content (AvgIpc) is 2.29. The highest BCUT2D eigenvalue weighted by Crippen LogP contribution is 2.25. The van der Waals surface area contributed by atoms with Gasteiger partial charge in [0.15, 0.2) is 0 Å². The predicted molar refractivity (Wildman–Crippen MR) is 76.0 cm³/mol. The molecule has 0 bridgehead atoms. The van der Waals surface area contributed by atoms with Crippen LogP contribution >= 0.6 is 0 Å². The quantitative estimate of drug-likeness (QED) is 0.656. The zero-order chi connectivity index (χ0) is 12.7. The molecule has 0 saturated heterocycles. The van der Waals surface area contributed by atoms with Gasteiger partial charge < -0.3 is 0 Å². The van der Waals surface area contributed by atoms with Gasteiger partial charge in [-0.2, -0.15) is 0 Å². The molecule has 0 unspecified atom stereocenters. The van der Waals surface area contributed by atoms with Crippen molar-refractivity contribution in [1.82, 2.24) is 0 Å². The van der Waals surface area contributed by atoms with E-state index in [9.17, 15) is 0 Å². The van der Waals surface area contributed by atoms with Crippen LogP contribution in [-0.4, -0.2) is 0 Å².